The first-order chi connectivity index (χ1) is 10.1. The molecule has 0 fully saturated rings. The van der Waals surface area contributed by atoms with Crippen molar-refractivity contribution in [3.8, 4) is 0 Å². The average Bonchev–Trinajstić information content (AvgIpc) is 2.52. The molecular formula is C16H17NO4. The maximum atomic E-state index is 12.1. The molecule has 0 saturated carbocycles. The number of hydrogen-bond acceptors (Lipinski definition) is 4. The van der Waals surface area contributed by atoms with Crippen LogP contribution in [-0.2, 0) is 20.9 Å². The molecule has 0 atom stereocenters. The Hall–Kier alpha value is -2.52. The van der Waals surface area contributed by atoms with E-state index in [1.807, 2.05) is 30.3 Å². The fourth-order valence-corrected chi connectivity index (χ4v) is 2.05. The molecule has 5 nitrogen and oxygen atoms in total. The summed E-state index contributed by atoms with van der Waals surface area (Å²) in [4.78, 5) is 25.1. The van der Waals surface area contributed by atoms with Crippen molar-refractivity contribution in [2.24, 2.45) is 0 Å². The summed E-state index contributed by atoms with van der Waals surface area (Å²) in [6.45, 7) is 2.56. The minimum Gasteiger partial charge on any atom is -0.465 e. The number of nitrogens with zero attached hydrogens (tertiary/aromatic N) is 1. The number of rotatable bonds is 3. The highest BCUT2D eigenvalue weighted by Gasteiger charge is 2.24. The fourth-order valence-electron chi connectivity index (χ4n) is 2.05. The van der Waals surface area contributed by atoms with Gasteiger partial charge in [-0.1, -0.05) is 30.3 Å². The molecular weight excluding hydrogens is 270 g/mol. The van der Waals surface area contributed by atoms with Crippen LogP contribution < -0.4 is 0 Å². The molecule has 2 rings (SSSR count). The molecule has 0 aliphatic carbocycles. The van der Waals surface area contributed by atoms with E-state index in [-0.39, 0.29) is 13.2 Å². The summed E-state index contributed by atoms with van der Waals surface area (Å²) in [7, 11) is 1.30. The van der Waals surface area contributed by atoms with Crippen LogP contribution in [0.4, 0.5) is 4.79 Å². The minimum absolute atomic E-state index is 0.150. The standard InChI is InChI=1S/C16H17NO4/c1-12-8-14(15(18)20-2)10-17(9-12)16(19)21-11-13-6-4-3-5-7-13/h3-7H,9-11H2,1-2H3. The smallest absolute Gasteiger partial charge is 0.410 e. The number of methoxy groups -OCH3 is 1. The SMILES string of the molecule is COC(=O)C1=C=C(C)CN(C(=O)OCc2ccccc2)C1. The number of ether oxygens (including phenoxy) is 2. The van der Waals surface area contributed by atoms with Crippen molar-refractivity contribution >= 4 is 12.1 Å². The molecule has 1 amide bonds. The predicted octanol–water partition coefficient (Wildman–Crippen LogP) is 2.28. The monoisotopic (exact) mass is 287 g/mol. The van der Waals surface area contributed by atoms with E-state index in [4.69, 9.17) is 4.74 Å². The van der Waals surface area contributed by atoms with Gasteiger partial charge in [0.25, 0.3) is 0 Å². The zero-order chi connectivity index (χ0) is 15.2. The van der Waals surface area contributed by atoms with Gasteiger partial charge in [-0.2, -0.15) is 0 Å². The van der Waals surface area contributed by atoms with Crippen LogP contribution in [0.1, 0.15) is 12.5 Å². The van der Waals surface area contributed by atoms with E-state index >= 15 is 0 Å². The quantitative estimate of drug-likeness (QED) is 0.632. The van der Waals surface area contributed by atoms with Crippen LogP contribution >= 0.6 is 0 Å². The van der Waals surface area contributed by atoms with Crippen LogP contribution in [0.15, 0.2) is 47.2 Å². The summed E-state index contributed by atoms with van der Waals surface area (Å²) in [6.07, 6.45) is -0.457. The maximum Gasteiger partial charge on any atom is 0.410 e. The van der Waals surface area contributed by atoms with Crippen LogP contribution in [0.25, 0.3) is 0 Å². The second-order valence-electron chi connectivity index (χ2n) is 4.77. The Morgan fingerprint density at radius 1 is 1.24 bits per heavy atom. The normalized spacial score (nSPS) is 14.1. The van der Waals surface area contributed by atoms with Gasteiger partial charge in [0, 0.05) is 0 Å². The lowest BCUT2D eigenvalue weighted by Gasteiger charge is -2.24. The van der Waals surface area contributed by atoms with Crippen molar-refractivity contribution in [3.63, 3.8) is 0 Å². The lowest BCUT2D eigenvalue weighted by Crippen LogP contribution is -2.37. The second-order valence-corrected chi connectivity index (χ2v) is 4.77. The van der Waals surface area contributed by atoms with Gasteiger partial charge in [0.1, 0.15) is 6.61 Å². The third-order valence-electron chi connectivity index (χ3n) is 3.04. The molecule has 0 saturated heterocycles. The molecule has 5 heteroatoms. The topological polar surface area (TPSA) is 55.8 Å². The molecule has 0 aromatic heterocycles. The van der Waals surface area contributed by atoms with Crippen molar-refractivity contribution in [2.45, 2.75) is 13.5 Å². The van der Waals surface area contributed by atoms with Crippen LogP contribution in [-0.4, -0.2) is 37.2 Å². The molecule has 110 valence electrons. The molecule has 1 heterocycles. The maximum absolute atomic E-state index is 12.1. The van der Waals surface area contributed by atoms with Gasteiger partial charge >= 0.3 is 12.1 Å². The molecule has 0 bridgehead atoms. The van der Waals surface area contributed by atoms with Crippen molar-refractivity contribution in [3.05, 3.63) is 52.8 Å². The van der Waals surface area contributed by atoms with Gasteiger partial charge in [0.2, 0.25) is 0 Å². The summed E-state index contributed by atoms with van der Waals surface area (Å²) in [5, 5.41) is 0. The number of hydrogen-bond donors (Lipinski definition) is 0. The largest absolute Gasteiger partial charge is 0.465 e. The molecule has 0 N–H and O–H groups in total. The summed E-state index contributed by atoms with van der Waals surface area (Å²) in [5.74, 6) is -0.477. The summed E-state index contributed by atoms with van der Waals surface area (Å²) < 4.78 is 9.92. The molecule has 0 radical (unpaired) electrons. The lowest BCUT2D eigenvalue weighted by molar-refractivity contribution is -0.136. The molecule has 0 spiro atoms. The van der Waals surface area contributed by atoms with E-state index in [0.717, 1.165) is 11.1 Å². The number of carbonyl (C=O) groups excluding carboxylic acids is 2. The summed E-state index contributed by atoms with van der Waals surface area (Å²) in [6, 6.07) is 9.43. The van der Waals surface area contributed by atoms with E-state index in [1.54, 1.807) is 6.92 Å². The van der Waals surface area contributed by atoms with E-state index in [1.165, 1.54) is 12.0 Å². The Labute approximate surface area is 123 Å². The molecule has 1 aliphatic rings. The van der Waals surface area contributed by atoms with Crippen molar-refractivity contribution in [2.75, 3.05) is 20.2 Å². The Bertz CT molecular complexity index is 600. The van der Waals surface area contributed by atoms with E-state index in [9.17, 15) is 9.59 Å². The van der Waals surface area contributed by atoms with Crippen LogP contribution in [0.3, 0.4) is 0 Å². The Balaban J connectivity index is 1.96. The van der Waals surface area contributed by atoms with E-state index in [2.05, 4.69) is 10.5 Å². The zero-order valence-electron chi connectivity index (χ0n) is 12.1. The minimum atomic E-state index is -0.477. The summed E-state index contributed by atoms with van der Waals surface area (Å²) >= 11 is 0. The van der Waals surface area contributed by atoms with Gasteiger partial charge in [-0.15, -0.1) is 5.73 Å². The van der Waals surface area contributed by atoms with Gasteiger partial charge < -0.3 is 9.47 Å². The third-order valence-corrected chi connectivity index (χ3v) is 3.04. The number of esters is 1. The van der Waals surface area contributed by atoms with Crippen LogP contribution in [0.5, 0.6) is 0 Å². The van der Waals surface area contributed by atoms with Gasteiger partial charge in [-0.25, -0.2) is 9.59 Å². The van der Waals surface area contributed by atoms with Crippen LogP contribution in [0, 0.1) is 0 Å². The van der Waals surface area contributed by atoms with E-state index < -0.39 is 12.1 Å². The molecule has 1 aromatic rings. The molecule has 1 aromatic carbocycles. The van der Waals surface area contributed by atoms with Crippen molar-refractivity contribution < 1.29 is 19.1 Å². The highest BCUT2D eigenvalue weighted by Crippen LogP contribution is 2.13. The van der Waals surface area contributed by atoms with Gasteiger partial charge in [0.05, 0.1) is 25.8 Å². The van der Waals surface area contributed by atoms with Gasteiger partial charge in [-0.05, 0) is 18.1 Å². The second kappa shape index (κ2) is 6.77. The van der Waals surface area contributed by atoms with Gasteiger partial charge in [0.15, 0.2) is 0 Å². The summed E-state index contributed by atoms with van der Waals surface area (Å²) in [5.41, 5.74) is 4.97. The van der Waals surface area contributed by atoms with Crippen LogP contribution in [0.2, 0.25) is 0 Å². The van der Waals surface area contributed by atoms with E-state index in [0.29, 0.717) is 12.1 Å². The number of amides is 1. The zero-order valence-corrected chi connectivity index (χ0v) is 12.1. The van der Waals surface area contributed by atoms with Crippen molar-refractivity contribution in [1.82, 2.24) is 4.90 Å². The fraction of sp³-hybridized carbons (Fsp3) is 0.312. The third kappa shape index (κ3) is 3.97. The first-order valence-corrected chi connectivity index (χ1v) is 6.59. The van der Waals surface area contributed by atoms with Crippen molar-refractivity contribution in [1.29, 1.82) is 0 Å². The highest BCUT2D eigenvalue weighted by molar-refractivity contribution is 5.89. The lowest BCUT2D eigenvalue weighted by atomic mass is 10.1. The Morgan fingerprint density at radius 3 is 2.62 bits per heavy atom. The predicted molar refractivity (Wildman–Crippen MR) is 76.4 cm³/mol. The average molecular weight is 287 g/mol. The molecule has 21 heavy (non-hydrogen) atoms. The molecule has 0 unspecified atom stereocenters. The first-order valence-electron chi connectivity index (χ1n) is 6.59. The first kappa shape index (κ1) is 14.9. The van der Waals surface area contributed by atoms with Gasteiger partial charge in [-0.3, -0.25) is 4.90 Å². The Morgan fingerprint density at radius 2 is 1.95 bits per heavy atom. The number of benzene rings is 1. The Kier molecular flexibility index (Phi) is 4.80. The highest BCUT2D eigenvalue weighted by atomic mass is 16.6. The number of carbonyl (C=O) groups is 2. The molecule has 1 aliphatic heterocycles.